The summed E-state index contributed by atoms with van der Waals surface area (Å²) in [5.41, 5.74) is 0.739. The first kappa shape index (κ1) is 14.5. The van der Waals surface area contributed by atoms with Gasteiger partial charge in [-0.1, -0.05) is 30.3 Å². The first-order chi connectivity index (χ1) is 8.99. The van der Waals surface area contributed by atoms with E-state index in [1.807, 2.05) is 5.32 Å². The SMILES string of the molecule is O=C(O)C[C@@H](NC(=O)OCc1ccccc1)C(=O)O. The molecular weight excluding hydrogens is 254 g/mol. The molecule has 0 fully saturated rings. The lowest BCUT2D eigenvalue weighted by molar-refractivity contribution is -0.145. The van der Waals surface area contributed by atoms with Crippen LogP contribution >= 0.6 is 0 Å². The highest BCUT2D eigenvalue weighted by Gasteiger charge is 2.23. The molecule has 1 aromatic rings. The molecule has 0 aliphatic carbocycles. The van der Waals surface area contributed by atoms with Gasteiger partial charge in [0.1, 0.15) is 12.6 Å². The summed E-state index contributed by atoms with van der Waals surface area (Å²) in [6.45, 7) is -0.0217. The molecule has 1 rings (SSSR count). The standard InChI is InChI=1S/C12H13NO6/c14-10(15)6-9(11(16)17)13-12(18)19-7-8-4-2-1-3-5-8/h1-5,9H,6-7H2,(H,13,18)(H,14,15)(H,16,17)/t9-/m1/s1. The number of carbonyl (C=O) groups excluding carboxylic acids is 1. The Hall–Kier alpha value is -2.57. The van der Waals surface area contributed by atoms with Gasteiger partial charge in [-0.3, -0.25) is 4.79 Å². The molecule has 0 saturated carbocycles. The molecule has 1 amide bonds. The number of ether oxygens (including phenoxy) is 1. The molecule has 0 heterocycles. The predicted octanol–water partition coefficient (Wildman–Crippen LogP) is 0.841. The Bertz CT molecular complexity index is 459. The topological polar surface area (TPSA) is 113 Å². The Kier molecular flexibility index (Phi) is 5.34. The summed E-state index contributed by atoms with van der Waals surface area (Å²) < 4.78 is 4.78. The average molecular weight is 267 g/mol. The number of benzene rings is 1. The van der Waals surface area contributed by atoms with E-state index < -0.39 is 30.5 Å². The number of nitrogens with one attached hydrogen (secondary N) is 1. The third-order valence-electron chi connectivity index (χ3n) is 2.18. The van der Waals surface area contributed by atoms with Crippen LogP contribution in [-0.2, 0) is 20.9 Å². The molecule has 0 spiro atoms. The molecular formula is C12H13NO6. The minimum Gasteiger partial charge on any atom is -0.481 e. The van der Waals surface area contributed by atoms with Gasteiger partial charge >= 0.3 is 18.0 Å². The number of rotatable bonds is 6. The fourth-order valence-corrected chi connectivity index (χ4v) is 1.28. The molecule has 0 saturated heterocycles. The molecule has 1 aromatic carbocycles. The molecule has 0 aromatic heterocycles. The summed E-state index contributed by atoms with van der Waals surface area (Å²) in [4.78, 5) is 32.5. The van der Waals surface area contributed by atoms with Gasteiger partial charge in [0.2, 0.25) is 0 Å². The maximum absolute atomic E-state index is 11.3. The van der Waals surface area contributed by atoms with Crippen LogP contribution in [0.2, 0.25) is 0 Å². The lowest BCUT2D eigenvalue weighted by Gasteiger charge is -2.12. The van der Waals surface area contributed by atoms with Gasteiger partial charge in [0, 0.05) is 0 Å². The largest absolute Gasteiger partial charge is 0.481 e. The van der Waals surface area contributed by atoms with Crippen LogP contribution in [0.4, 0.5) is 4.79 Å². The first-order valence-corrected chi connectivity index (χ1v) is 5.41. The summed E-state index contributed by atoms with van der Waals surface area (Å²) in [5, 5.41) is 19.2. The van der Waals surface area contributed by atoms with E-state index in [-0.39, 0.29) is 6.61 Å². The van der Waals surface area contributed by atoms with Gasteiger partial charge in [-0.2, -0.15) is 0 Å². The van der Waals surface area contributed by atoms with Crippen LogP contribution in [0.15, 0.2) is 30.3 Å². The fraction of sp³-hybridized carbons (Fsp3) is 0.250. The third-order valence-corrected chi connectivity index (χ3v) is 2.18. The normalized spacial score (nSPS) is 11.4. The second kappa shape index (κ2) is 7.00. The van der Waals surface area contributed by atoms with Crippen molar-refractivity contribution in [2.24, 2.45) is 0 Å². The number of aliphatic carboxylic acids is 2. The summed E-state index contributed by atoms with van der Waals surface area (Å²) in [5.74, 6) is -2.75. The van der Waals surface area contributed by atoms with Gasteiger partial charge < -0.3 is 20.3 Å². The van der Waals surface area contributed by atoms with E-state index in [9.17, 15) is 14.4 Å². The summed E-state index contributed by atoms with van der Waals surface area (Å²) in [7, 11) is 0. The van der Waals surface area contributed by atoms with Crippen molar-refractivity contribution < 1.29 is 29.3 Å². The van der Waals surface area contributed by atoms with Crippen LogP contribution in [-0.4, -0.2) is 34.3 Å². The van der Waals surface area contributed by atoms with Crippen LogP contribution < -0.4 is 5.32 Å². The van der Waals surface area contributed by atoms with Crippen molar-refractivity contribution in [3.05, 3.63) is 35.9 Å². The zero-order chi connectivity index (χ0) is 14.3. The molecule has 3 N–H and O–H groups in total. The summed E-state index contributed by atoms with van der Waals surface area (Å²) in [6.07, 6.45) is -1.69. The quantitative estimate of drug-likeness (QED) is 0.704. The van der Waals surface area contributed by atoms with Crippen molar-refractivity contribution in [2.45, 2.75) is 19.1 Å². The van der Waals surface area contributed by atoms with E-state index in [2.05, 4.69) is 0 Å². The predicted molar refractivity (Wildman–Crippen MR) is 63.4 cm³/mol. The number of hydrogen-bond acceptors (Lipinski definition) is 4. The highest BCUT2D eigenvalue weighted by atomic mass is 16.5. The number of carbonyl (C=O) groups is 3. The zero-order valence-corrected chi connectivity index (χ0v) is 9.91. The van der Waals surface area contributed by atoms with Crippen LogP contribution in [0.25, 0.3) is 0 Å². The summed E-state index contributed by atoms with van der Waals surface area (Å²) >= 11 is 0. The Morgan fingerprint density at radius 2 is 1.79 bits per heavy atom. The van der Waals surface area contributed by atoms with E-state index in [1.54, 1.807) is 30.3 Å². The van der Waals surface area contributed by atoms with E-state index in [0.29, 0.717) is 0 Å². The Morgan fingerprint density at radius 1 is 1.16 bits per heavy atom. The number of carboxylic acid groups (broad SMARTS) is 2. The number of amides is 1. The first-order valence-electron chi connectivity index (χ1n) is 5.41. The van der Waals surface area contributed by atoms with Crippen LogP contribution in [0.3, 0.4) is 0 Å². The smallest absolute Gasteiger partial charge is 0.408 e. The van der Waals surface area contributed by atoms with E-state index in [4.69, 9.17) is 14.9 Å². The molecule has 0 aliphatic heterocycles. The molecule has 0 bridgehead atoms. The van der Waals surface area contributed by atoms with Crippen molar-refractivity contribution in [1.82, 2.24) is 5.32 Å². The second-order valence-electron chi connectivity index (χ2n) is 3.69. The van der Waals surface area contributed by atoms with Gasteiger partial charge in [0.25, 0.3) is 0 Å². The molecule has 19 heavy (non-hydrogen) atoms. The molecule has 0 unspecified atom stereocenters. The van der Waals surface area contributed by atoms with E-state index in [1.165, 1.54) is 0 Å². The Labute approximate surface area is 108 Å². The maximum Gasteiger partial charge on any atom is 0.408 e. The summed E-state index contributed by atoms with van der Waals surface area (Å²) in [6, 6.07) is 7.29. The Balaban J connectivity index is 2.45. The van der Waals surface area contributed by atoms with Gasteiger partial charge in [0.15, 0.2) is 0 Å². The Morgan fingerprint density at radius 3 is 2.32 bits per heavy atom. The fourth-order valence-electron chi connectivity index (χ4n) is 1.28. The van der Waals surface area contributed by atoms with E-state index >= 15 is 0 Å². The molecule has 7 heteroatoms. The van der Waals surface area contributed by atoms with Crippen LogP contribution in [0.1, 0.15) is 12.0 Å². The number of alkyl carbamates (subject to hydrolysis) is 1. The van der Waals surface area contributed by atoms with Crippen molar-refractivity contribution in [3.8, 4) is 0 Å². The maximum atomic E-state index is 11.3. The zero-order valence-electron chi connectivity index (χ0n) is 9.91. The minimum atomic E-state index is -1.51. The van der Waals surface area contributed by atoms with Crippen LogP contribution in [0, 0.1) is 0 Å². The van der Waals surface area contributed by atoms with Crippen molar-refractivity contribution in [1.29, 1.82) is 0 Å². The molecule has 7 nitrogen and oxygen atoms in total. The molecule has 0 radical (unpaired) electrons. The second-order valence-corrected chi connectivity index (χ2v) is 3.69. The minimum absolute atomic E-state index is 0.0217. The van der Waals surface area contributed by atoms with Crippen molar-refractivity contribution in [2.75, 3.05) is 0 Å². The highest BCUT2D eigenvalue weighted by Crippen LogP contribution is 2.01. The van der Waals surface area contributed by atoms with Gasteiger partial charge in [-0.15, -0.1) is 0 Å². The van der Waals surface area contributed by atoms with Gasteiger partial charge in [-0.05, 0) is 5.56 Å². The molecule has 102 valence electrons. The monoisotopic (exact) mass is 267 g/mol. The van der Waals surface area contributed by atoms with E-state index in [0.717, 1.165) is 5.56 Å². The van der Waals surface area contributed by atoms with Crippen molar-refractivity contribution >= 4 is 18.0 Å². The third kappa shape index (κ3) is 5.53. The van der Waals surface area contributed by atoms with Crippen LogP contribution in [0.5, 0.6) is 0 Å². The van der Waals surface area contributed by atoms with Gasteiger partial charge in [0.05, 0.1) is 6.42 Å². The number of carboxylic acids is 2. The highest BCUT2D eigenvalue weighted by molar-refractivity contribution is 5.84. The lowest BCUT2D eigenvalue weighted by atomic mass is 10.2. The lowest BCUT2D eigenvalue weighted by Crippen LogP contribution is -2.42. The van der Waals surface area contributed by atoms with Crippen molar-refractivity contribution in [3.63, 3.8) is 0 Å². The van der Waals surface area contributed by atoms with Gasteiger partial charge in [-0.25, -0.2) is 9.59 Å². The molecule has 0 aliphatic rings. The number of hydrogen-bond donors (Lipinski definition) is 3. The molecule has 1 atom stereocenters. The average Bonchev–Trinajstić information content (AvgIpc) is 2.36.